The van der Waals surface area contributed by atoms with Crippen LogP contribution >= 0.6 is 31.9 Å². The molecule has 2 nitrogen and oxygen atoms in total. The van der Waals surface area contributed by atoms with E-state index in [-0.39, 0.29) is 5.82 Å². The number of benzene rings is 1. The number of rotatable bonds is 3. The first-order chi connectivity index (χ1) is 8.15. The Kier molecular flexibility index (Phi) is 4.12. The summed E-state index contributed by atoms with van der Waals surface area (Å²) in [6.45, 7) is 0.583. The summed E-state index contributed by atoms with van der Waals surface area (Å²) < 4.78 is 14.6. The zero-order valence-corrected chi connectivity index (χ0v) is 11.9. The molecule has 2 rings (SSSR count). The number of aromatic nitrogens is 1. The van der Waals surface area contributed by atoms with Crippen LogP contribution in [0.5, 0.6) is 0 Å². The summed E-state index contributed by atoms with van der Waals surface area (Å²) in [5.74, 6) is -0.238. The van der Waals surface area contributed by atoms with Crippen LogP contribution in [-0.4, -0.2) is 4.98 Å². The molecule has 0 fully saturated rings. The number of anilines is 1. The Morgan fingerprint density at radius 1 is 1.18 bits per heavy atom. The average molecular weight is 360 g/mol. The van der Waals surface area contributed by atoms with Gasteiger partial charge in [0.15, 0.2) is 0 Å². The first kappa shape index (κ1) is 12.5. The summed E-state index contributed by atoms with van der Waals surface area (Å²) >= 11 is 6.79. The first-order valence-corrected chi connectivity index (χ1v) is 6.53. The molecule has 5 heteroatoms. The molecule has 0 bridgehead atoms. The summed E-state index contributed by atoms with van der Waals surface area (Å²) in [5, 5.41) is 3.17. The molecule has 0 saturated carbocycles. The fraction of sp³-hybridized carbons (Fsp3) is 0.0833. The Hall–Kier alpha value is -0.940. The van der Waals surface area contributed by atoms with Gasteiger partial charge in [0.2, 0.25) is 0 Å². The maximum atomic E-state index is 12.7. The number of pyridine rings is 1. The van der Waals surface area contributed by atoms with Crippen molar-refractivity contribution in [3.63, 3.8) is 0 Å². The third-order valence-corrected chi connectivity index (χ3v) is 3.31. The first-order valence-electron chi connectivity index (χ1n) is 4.94. The summed E-state index contributed by atoms with van der Waals surface area (Å²) in [5.41, 5.74) is 1.76. The normalized spacial score (nSPS) is 10.3. The lowest BCUT2D eigenvalue weighted by atomic mass is 10.3. The number of nitrogens with one attached hydrogen (secondary N) is 1. The summed E-state index contributed by atoms with van der Waals surface area (Å²) in [6, 6.07) is 8.18. The molecule has 17 heavy (non-hydrogen) atoms. The molecule has 0 saturated heterocycles. The zero-order valence-electron chi connectivity index (χ0n) is 8.75. The summed E-state index contributed by atoms with van der Waals surface area (Å²) in [7, 11) is 0. The van der Waals surface area contributed by atoms with Gasteiger partial charge in [-0.2, -0.15) is 0 Å². The molecular weight excluding hydrogens is 351 g/mol. The van der Waals surface area contributed by atoms with Crippen LogP contribution in [-0.2, 0) is 6.54 Å². The molecule has 0 aliphatic heterocycles. The Bertz CT molecular complexity index is 514. The van der Waals surface area contributed by atoms with Crippen LogP contribution in [0.2, 0.25) is 0 Å². The molecule has 0 spiro atoms. The molecule has 88 valence electrons. The Labute approximate surface area is 116 Å². The Morgan fingerprint density at radius 3 is 2.53 bits per heavy atom. The number of hydrogen-bond acceptors (Lipinski definition) is 2. The number of halogens is 3. The quantitative estimate of drug-likeness (QED) is 0.880. The van der Waals surface area contributed by atoms with E-state index in [0.29, 0.717) is 6.54 Å². The predicted octanol–water partition coefficient (Wildman–Crippen LogP) is 4.36. The van der Waals surface area contributed by atoms with E-state index >= 15 is 0 Å². The third-order valence-electron chi connectivity index (χ3n) is 2.19. The zero-order chi connectivity index (χ0) is 12.3. The number of nitrogens with zero attached hydrogens (tertiary/aromatic N) is 1. The fourth-order valence-corrected chi connectivity index (χ4v) is 2.45. The molecule has 0 unspecified atom stereocenters. The van der Waals surface area contributed by atoms with Gasteiger partial charge < -0.3 is 5.32 Å². The van der Waals surface area contributed by atoms with Crippen LogP contribution in [0.25, 0.3) is 0 Å². The monoisotopic (exact) mass is 358 g/mol. The van der Waals surface area contributed by atoms with Gasteiger partial charge in [0.25, 0.3) is 0 Å². The third kappa shape index (κ3) is 3.51. The highest BCUT2D eigenvalue weighted by Crippen LogP contribution is 2.20. The lowest BCUT2D eigenvalue weighted by Crippen LogP contribution is -2.02. The topological polar surface area (TPSA) is 24.9 Å². The minimum Gasteiger partial charge on any atom is -0.379 e. The lowest BCUT2D eigenvalue weighted by molar-refractivity contribution is 0.628. The van der Waals surface area contributed by atoms with Crippen LogP contribution in [0.3, 0.4) is 0 Å². The van der Waals surface area contributed by atoms with Crippen molar-refractivity contribution >= 4 is 37.5 Å². The van der Waals surface area contributed by atoms with Crippen LogP contribution in [0.1, 0.15) is 5.69 Å². The largest absolute Gasteiger partial charge is 0.379 e. The highest BCUT2D eigenvalue weighted by Gasteiger charge is 2.02. The van der Waals surface area contributed by atoms with Crippen LogP contribution in [0, 0.1) is 5.82 Å². The van der Waals surface area contributed by atoms with Crippen LogP contribution in [0.15, 0.2) is 45.5 Å². The van der Waals surface area contributed by atoms with Crippen molar-refractivity contribution < 1.29 is 4.39 Å². The molecule has 0 amide bonds. The minimum atomic E-state index is -0.238. The molecule has 2 aromatic rings. The van der Waals surface area contributed by atoms with Gasteiger partial charge in [0.05, 0.1) is 12.2 Å². The maximum Gasteiger partial charge on any atom is 0.123 e. The molecule has 1 aromatic heterocycles. The standard InChI is InChI=1S/C12H9Br2FN2/c13-8-5-11(14)12(17-6-8)7-16-10-3-1-9(15)2-4-10/h1-6,16H,7H2. The summed E-state index contributed by atoms with van der Waals surface area (Å²) in [6.07, 6.45) is 1.74. The van der Waals surface area contributed by atoms with E-state index in [4.69, 9.17) is 0 Å². The molecule has 1 N–H and O–H groups in total. The average Bonchev–Trinajstić information content (AvgIpc) is 2.30. The van der Waals surface area contributed by atoms with E-state index in [1.165, 1.54) is 12.1 Å². The van der Waals surface area contributed by atoms with Gasteiger partial charge in [0, 0.05) is 20.8 Å². The van der Waals surface area contributed by atoms with E-state index in [1.807, 2.05) is 6.07 Å². The summed E-state index contributed by atoms with van der Waals surface area (Å²) in [4.78, 5) is 4.28. The van der Waals surface area contributed by atoms with E-state index in [0.717, 1.165) is 20.3 Å². The maximum absolute atomic E-state index is 12.7. The predicted molar refractivity (Wildman–Crippen MR) is 73.4 cm³/mol. The van der Waals surface area contributed by atoms with Gasteiger partial charge in [-0.05, 0) is 62.2 Å². The van der Waals surface area contributed by atoms with Crippen LogP contribution in [0.4, 0.5) is 10.1 Å². The van der Waals surface area contributed by atoms with Gasteiger partial charge in [-0.3, -0.25) is 4.98 Å². The smallest absolute Gasteiger partial charge is 0.123 e. The van der Waals surface area contributed by atoms with Crippen LogP contribution < -0.4 is 5.32 Å². The van der Waals surface area contributed by atoms with Crippen molar-refractivity contribution in [1.82, 2.24) is 4.98 Å². The van der Waals surface area contributed by atoms with Crippen molar-refractivity contribution in [3.8, 4) is 0 Å². The highest BCUT2D eigenvalue weighted by atomic mass is 79.9. The van der Waals surface area contributed by atoms with Crippen molar-refractivity contribution in [2.45, 2.75) is 6.54 Å². The van der Waals surface area contributed by atoms with E-state index in [1.54, 1.807) is 18.3 Å². The second kappa shape index (κ2) is 5.60. The van der Waals surface area contributed by atoms with E-state index in [9.17, 15) is 4.39 Å². The van der Waals surface area contributed by atoms with Gasteiger partial charge in [-0.1, -0.05) is 0 Å². The minimum absolute atomic E-state index is 0.238. The van der Waals surface area contributed by atoms with Gasteiger partial charge >= 0.3 is 0 Å². The van der Waals surface area contributed by atoms with Gasteiger partial charge in [-0.25, -0.2) is 4.39 Å². The van der Waals surface area contributed by atoms with E-state index < -0.39 is 0 Å². The lowest BCUT2D eigenvalue weighted by Gasteiger charge is -2.07. The molecule has 0 aliphatic rings. The van der Waals surface area contributed by atoms with E-state index in [2.05, 4.69) is 42.2 Å². The highest BCUT2D eigenvalue weighted by molar-refractivity contribution is 9.11. The molecule has 0 aliphatic carbocycles. The Morgan fingerprint density at radius 2 is 1.88 bits per heavy atom. The molecule has 1 heterocycles. The number of hydrogen-bond donors (Lipinski definition) is 1. The van der Waals surface area contributed by atoms with Gasteiger partial charge in [0.1, 0.15) is 5.82 Å². The second-order valence-electron chi connectivity index (χ2n) is 3.44. The molecular formula is C12H9Br2FN2. The van der Waals surface area contributed by atoms with Gasteiger partial charge in [-0.15, -0.1) is 0 Å². The molecule has 1 aromatic carbocycles. The van der Waals surface area contributed by atoms with Crippen molar-refractivity contribution in [3.05, 3.63) is 57.0 Å². The Balaban J connectivity index is 2.04. The fourth-order valence-electron chi connectivity index (χ4n) is 1.33. The molecule has 0 radical (unpaired) electrons. The van der Waals surface area contributed by atoms with Crippen molar-refractivity contribution in [2.24, 2.45) is 0 Å². The second-order valence-corrected chi connectivity index (χ2v) is 5.21. The SMILES string of the molecule is Fc1ccc(NCc2ncc(Br)cc2Br)cc1. The van der Waals surface area contributed by atoms with Crippen molar-refractivity contribution in [1.29, 1.82) is 0 Å². The van der Waals surface area contributed by atoms with Crippen molar-refractivity contribution in [2.75, 3.05) is 5.32 Å². The molecule has 0 atom stereocenters.